The minimum atomic E-state index is -0.0885. The van der Waals surface area contributed by atoms with Crippen molar-refractivity contribution in [2.75, 3.05) is 6.54 Å². The second-order valence-corrected chi connectivity index (χ2v) is 4.96. The second-order valence-electron chi connectivity index (χ2n) is 3.71. The monoisotopic (exact) mass is 339 g/mol. The highest BCUT2D eigenvalue weighted by atomic mass is 127. The third kappa shape index (κ3) is 3.44. The highest BCUT2D eigenvalue weighted by Crippen LogP contribution is 2.22. The van der Waals surface area contributed by atoms with Crippen molar-refractivity contribution in [3.05, 3.63) is 63.7 Å². The fourth-order valence-corrected chi connectivity index (χ4v) is 2.14. The Bertz CT molecular complexity index is 473. The first-order chi connectivity index (χ1) is 8.29. The average Bonchev–Trinajstić information content (AvgIpc) is 2.37. The summed E-state index contributed by atoms with van der Waals surface area (Å²) in [6, 6.07) is 18.0. The maximum atomic E-state index is 5.90. The van der Waals surface area contributed by atoms with Gasteiger partial charge in [0.25, 0.3) is 0 Å². The van der Waals surface area contributed by atoms with Crippen molar-refractivity contribution in [2.24, 2.45) is 5.73 Å². The summed E-state index contributed by atoms with van der Waals surface area (Å²) in [5, 5.41) is 0. The Labute approximate surface area is 115 Å². The van der Waals surface area contributed by atoms with Gasteiger partial charge in [0.05, 0.1) is 0 Å². The Morgan fingerprint density at radius 1 is 1.06 bits per heavy atom. The van der Waals surface area contributed by atoms with Crippen LogP contribution in [0, 0.1) is 3.57 Å². The van der Waals surface area contributed by atoms with E-state index in [0.29, 0.717) is 6.54 Å². The Balaban J connectivity index is 2.16. The van der Waals surface area contributed by atoms with E-state index in [0.717, 1.165) is 14.9 Å². The Morgan fingerprint density at radius 3 is 2.47 bits per heavy atom. The lowest BCUT2D eigenvalue weighted by Gasteiger charge is -2.17. The number of ether oxygens (including phenoxy) is 1. The standard InChI is InChI=1S/C14H14INO/c15-12-7-4-8-13(9-12)17-14(10-16)11-5-2-1-3-6-11/h1-9,14H,10,16H2. The Hall–Kier alpha value is -1.07. The predicted octanol–water partition coefficient (Wildman–Crippen LogP) is 3.37. The van der Waals surface area contributed by atoms with Crippen molar-refractivity contribution < 1.29 is 4.74 Å². The molecule has 0 aromatic heterocycles. The summed E-state index contributed by atoms with van der Waals surface area (Å²) in [7, 11) is 0. The van der Waals surface area contributed by atoms with Gasteiger partial charge in [0, 0.05) is 10.1 Å². The minimum Gasteiger partial charge on any atom is -0.484 e. The van der Waals surface area contributed by atoms with Gasteiger partial charge in [-0.15, -0.1) is 0 Å². The van der Waals surface area contributed by atoms with Crippen molar-refractivity contribution in [3.63, 3.8) is 0 Å². The maximum Gasteiger partial charge on any atom is 0.136 e. The van der Waals surface area contributed by atoms with Gasteiger partial charge in [-0.3, -0.25) is 0 Å². The van der Waals surface area contributed by atoms with Gasteiger partial charge < -0.3 is 10.5 Å². The minimum absolute atomic E-state index is 0.0885. The summed E-state index contributed by atoms with van der Waals surface area (Å²) in [6.45, 7) is 0.468. The molecule has 0 amide bonds. The van der Waals surface area contributed by atoms with Crippen LogP contribution in [-0.2, 0) is 0 Å². The molecule has 2 rings (SSSR count). The summed E-state index contributed by atoms with van der Waals surface area (Å²) in [5.41, 5.74) is 6.87. The quantitative estimate of drug-likeness (QED) is 0.867. The molecule has 2 N–H and O–H groups in total. The number of halogens is 1. The molecule has 0 aliphatic rings. The van der Waals surface area contributed by atoms with Crippen LogP contribution in [0.15, 0.2) is 54.6 Å². The largest absolute Gasteiger partial charge is 0.484 e. The third-order valence-corrected chi connectivity index (χ3v) is 3.13. The zero-order valence-corrected chi connectivity index (χ0v) is 11.5. The second kappa shape index (κ2) is 6.02. The summed E-state index contributed by atoms with van der Waals surface area (Å²) in [6.07, 6.45) is -0.0885. The molecule has 0 spiro atoms. The van der Waals surface area contributed by atoms with Crippen molar-refractivity contribution in [3.8, 4) is 5.75 Å². The fraction of sp³-hybridized carbons (Fsp3) is 0.143. The fourth-order valence-electron chi connectivity index (χ4n) is 1.62. The Morgan fingerprint density at radius 2 is 1.82 bits per heavy atom. The van der Waals surface area contributed by atoms with E-state index in [9.17, 15) is 0 Å². The SMILES string of the molecule is NCC(Oc1cccc(I)c1)c1ccccc1. The molecule has 2 aromatic rings. The van der Waals surface area contributed by atoms with Crippen molar-refractivity contribution in [1.29, 1.82) is 0 Å². The molecular formula is C14H14INO. The number of nitrogens with two attached hydrogens (primary N) is 1. The molecule has 88 valence electrons. The molecular weight excluding hydrogens is 325 g/mol. The molecule has 0 bridgehead atoms. The number of hydrogen-bond acceptors (Lipinski definition) is 2. The highest BCUT2D eigenvalue weighted by molar-refractivity contribution is 14.1. The lowest BCUT2D eigenvalue weighted by atomic mass is 10.1. The molecule has 0 fully saturated rings. The van der Waals surface area contributed by atoms with Crippen molar-refractivity contribution >= 4 is 22.6 Å². The first-order valence-corrected chi connectivity index (χ1v) is 6.54. The lowest BCUT2D eigenvalue weighted by Crippen LogP contribution is -2.18. The molecule has 1 atom stereocenters. The van der Waals surface area contributed by atoms with Crippen LogP contribution in [0.1, 0.15) is 11.7 Å². The van der Waals surface area contributed by atoms with Gasteiger partial charge in [0.1, 0.15) is 11.9 Å². The molecule has 0 saturated carbocycles. The summed E-state index contributed by atoms with van der Waals surface area (Å²) in [4.78, 5) is 0. The van der Waals surface area contributed by atoms with Gasteiger partial charge in [-0.05, 0) is 46.4 Å². The van der Waals surface area contributed by atoms with E-state index >= 15 is 0 Å². The van der Waals surface area contributed by atoms with E-state index in [1.807, 2.05) is 54.6 Å². The summed E-state index contributed by atoms with van der Waals surface area (Å²) < 4.78 is 7.06. The van der Waals surface area contributed by atoms with Gasteiger partial charge in [-0.1, -0.05) is 36.4 Å². The summed E-state index contributed by atoms with van der Waals surface area (Å²) in [5.74, 6) is 0.858. The van der Waals surface area contributed by atoms with Gasteiger partial charge >= 0.3 is 0 Å². The molecule has 0 saturated heterocycles. The van der Waals surface area contributed by atoms with E-state index < -0.39 is 0 Å². The molecule has 17 heavy (non-hydrogen) atoms. The molecule has 2 aromatic carbocycles. The van der Waals surface area contributed by atoms with Crippen LogP contribution in [-0.4, -0.2) is 6.54 Å². The van der Waals surface area contributed by atoms with Crippen LogP contribution in [0.5, 0.6) is 5.75 Å². The zero-order valence-electron chi connectivity index (χ0n) is 9.34. The van der Waals surface area contributed by atoms with Crippen LogP contribution in [0.25, 0.3) is 0 Å². The predicted molar refractivity (Wildman–Crippen MR) is 78.0 cm³/mol. The Kier molecular flexibility index (Phi) is 4.39. The molecule has 2 nitrogen and oxygen atoms in total. The van der Waals surface area contributed by atoms with Gasteiger partial charge in [-0.25, -0.2) is 0 Å². The number of benzene rings is 2. The van der Waals surface area contributed by atoms with Crippen LogP contribution < -0.4 is 10.5 Å². The normalized spacial score (nSPS) is 12.1. The van der Waals surface area contributed by atoms with Gasteiger partial charge in [0.15, 0.2) is 0 Å². The van der Waals surface area contributed by atoms with Crippen LogP contribution in [0.3, 0.4) is 0 Å². The highest BCUT2D eigenvalue weighted by Gasteiger charge is 2.10. The lowest BCUT2D eigenvalue weighted by molar-refractivity contribution is 0.214. The van der Waals surface area contributed by atoms with Crippen LogP contribution in [0.2, 0.25) is 0 Å². The maximum absolute atomic E-state index is 5.90. The third-order valence-electron chi connectivity index (χ3n) is 2.46. The first kappa shape index (κ1) is 12.4. The van der Waals surface area contributed by atoms with E-state index in [2.05, 4.69) is 22.6 Å². The molecule has 0 aliphatic carbocycles. The first-order valence-electron chi connectivity index (χ1n) is 5.47. The molecule has 0 aliphatic heterocycles. The van der Waals surface area contributed by atoms with E-state index in [-0.39, 0.29) is 6.10 Å². The van der Waals surface area contributed by atoms with E-state index in [4.69, 9.17) is 10.5 Å². The van der Waals surface area contributed by atoms with Crippen molar-refractivity contribution in [1.82, 2.24) is 0 Å². The molecule has 3 heteroatoms. The van der Waals surface area contributed by atoms with Gasteiger partial charge in [0.2, 0.25) is 0 Å². The van der Waals surface area contributed by atoms with Crippen molar-refractivity contribution in [2.45, 2.75) is 6.10 Å². The van der Waals surface area contributed by atoms with E-state index in [1.54, 1.807) is 0 Å². The number of hydrogen-bond donors (Lipinski definition) is 1. The van der Waals surface area contributed by atoms with E-state index in [1.165, 1.54) is 0 Å². The van der Waals surface area contributed by atoms with Crippen LogP contribution in [0.4, 0.5) is 0 Å². The number of rotatable bonds is 4. The molecule has 0 heterocycles. The molecule has 0 radical (unpaired) electrons. The smallest absolute Gasteiger partial charge is 0.136 e. The summed E-state index contributed by atoms with van der Waals surface area (Å²) >= 11 is 2.27. The van der Waals surface area contributed by atoms with Crippen LogP contribution >= 0.6 is 22.6 Å². The average molecular weight is 339 g/mol. The van der Waals surface area contributed by atoms with Gasteiger partial charge in [-0.2, -0.15) is 0 Å². The molecule has 1 unspecified atom stereocenters. The zero-order chi connectivity index (χ0) is 12.1. The topological polar surface area (TPSA) is 35.2 Å².